The fourth-order valence-corrected chi connectivity index (χ4v) is 2.69. The molecule has 0 spiro atoms. The molecule has 0 fully saturated rings. The van der Waals surface area contributed by atoms with Crippen LogP contribution in [0, 0.1) is 6.92 Å². The van der Waals surface area contributed by atoms with E-state index in [1.54, 1.807) is 25.1 Å². The predicted octanol–water partition coefficient (Wildman–Crippen LogP) is 3.10. The number of rotatable bonds is 5. The standard InChI is InChI=1S/C16H18N2O3S/c1-4-16(3,15(20)21)18-13(19)11-6-5-7-12(8-11)14-17-10(2)9-22-14/h5-9H,4H2,1-3H3,(H,18,19)(H,20,21). The van der Waals surface area contributed by atoms with Crippen LogP contribution in [0.2, 0.25) is 0 Å². The number of nitrogens with zero attached hydrogens (tertiary/aromatic N) is 1. The maximum absolute atomic E-state index is 12.3. The lowest BCUT2D eigenvalue weighted by molar-refractivity contribution is -0.143. The van der Waals surface area contributed by atoms with E-state index in [0.717, 1.165) is 16.3 Å². The monoisotopic (exact) mass is 318 g/mol. The normalized spacial score (nSPS) is 13.4. The third kappa shape index (κ3) is 3.33. The van der Waals surface area contributed by atoms with Gasteiger partial charge in [0.2, 0.25) is 0 Å². The van der Waals surface area contributed by atoms with Gasteiger partial charge in [-0.15, -0.1) is 11.3 Å². The summed E-state index contributed by atoms with van der Waals surface area (Å²) in [7, 11) is 0. The van der Waals surface area contributed by atoms with Gasteiger partial charge in [0.1, 0.15) is 10.5 Å². The highest BCUT2D eigenvalue weighted by atomic mass is 32.1. The molecule has 0 saturated carbocycles. The summed E-state index contributed by atoms with van der Waals surface area (Å²) < 4.78 is 0. The Labute approximate surface area is 133 Å². The van der Waals surface area contributed by atoms with Crippen LogP contribution in [-0.4, -0.2) is 27.5 Å². The molecule has 0 aliphatic rings. The van der Waals surface area contributed by atoms with Crippen LogP contribution in [0.25, 0.3) is 10.6 Å². The molecule has 0 saturated heterocycles. The molecular formula is C16H18N2O3S. The zero-order valence-corrected chi connectivity index (χ0v) is 13.5. The summed E-state index contributed by atoms with van der Waals surface area (Å²) >= 11 is 1.51. The highest BCUT2D eigenvalue weighted by Crippen LogP contribution is 2.24. The molecule has 6 heteroatoms. The number of benzene rings is 1. The Morgan fingerprint density at radius 2 is 2.14 bits per heavy atom. The van der Waals surface area contributed by atoms with Gasteiger partial charge in [0.05, 0.1) is 0 Å². The van der Waals surface area contributed by atoms with Gasteiger partial charge in [0, 0.05) is 22.2 Å². The van der Waals surface area contributed by atoms with Crippen molar-refractivity contribution >= 4 is 23.2 Å². The highest BCUT2D eigenvalue weighted by molar-refractivity contribution is 7.13. The zero-order chi connectivity index (χ0) is 16.3. The maximum Gasteiger partial charge on any atom is 0.329 e. The van der Waals surface area contributed by atoms with Crippen molar-refractivity contribution in [2.45, 2.75) is 32.7 Å². The summed E-state index contributed by atoms with van der Waals surface area (Å²) in [6.07, 6.45) is 0.305. The quantitative estimate of drug-likeness (QED) is 0.888. The van der Waals surface area contributed by atoms with Gasteiger partial charge in [-0.2, -0.15) is 0 Å². The van der Waals surface area contributed by atoms with Crippen molar-refractivity contribution in [3.8, 4) is 10.6 Å². The summed E-state index contributed by atoms with van der Waals surface area (Å²) in [5.74, 6) is -1.45. The van der Waals surface area contributed by atoms with Gasteiger partial charge in [-0.05, 0) is 32.4 Å². The second-order valence-corrected chi connectivity index (χ2v) is 6.18. The Morgan fingerprint density at radius 3 is 2.68 bits per heavy atom. The number of aliphatic carboxylic acids is 1. The Hall–Kier alpha value is -2.21. The van der Waals surface area contributed by atoms with E-state index in [2.05, 4.69) is 10.3 Å². The Balaban J connectivity index is 2.26. The van der Waals surface area contributed by atoms with Crippen LogP contribution in [-0.2, 0) is 4.79 Å². The van der Waals surface area contributed by atoms with Crippen LogP contribution < -0.4 is 5.32 Å². The van der Waals surface area contributed by atoms with Crippen LogP contribution in [0.15, 0.2) is 29.6 Å². The largest absolute Gasteiger partial charge is 0.480 e. The van der Waals surface area contributed by atoms with Crippen molar-refractivity contribution in [3.05, 3.63) is 40.9 Å². The summed E-state index contributed by atoms with van der Waals surface area (Å²) in [6.45, 7) is 5.14. The molecule has 0 radical (unpaired) electrons. The van der Waals surface area contributed by atoms with Crippen LogP contribution >= 0.6 is 11.3 Å². The van der Waals surface area contributed by atoms with Crippen molar-refractivity contribution in [1.29, 1.82) is 0 Å². The molecule has 1 aromatic heterocycles. The van der Waals surface area contributed by atoms with Gasteiger partial charge < -0.3 is 10.4 Å². The summed E-state index contributed by atoms with van der Waals surface area (Å²) in [5.41, 5.74) is 0.926. The van der Waals surface area contributed by atoms with Crippen LogP contribution in [0.5, 0.6) is 0 Å². The number of aryl methyl sites for hydroxylation is 1. The van der Waals surface area contributed by atoms with Gasteiger partial charge in [-0.1, -0.05) is 19.1 Å². The minimum absolute atomic E-state index is 0.305. The summed E-state index contributed by atoms with van der Waals surface area (Å²) in [4.78, 5) is 28.0. The smallest absolute Gasteiger partial charge is 0.329 e. The Morgan fingerprint density at radius 1 is 1.41 bits per heavy atom. The van der Waals surface area contributed by atoms with E-state index in [4.69, 9.17) is 0 Å². The van der Waals surface area contributed by atoms with Gasteiger partial charge in [0.25, 0.3) is 5.91 Å². The van der Waals surface area contributed by atoms with Gasteiger partial charge in [-0.25, -0.2) is 9.78 Å². The lowest BCUT2D eigenvalue weighted by Crippen LogP contribution is -2.51. The predicted molar refractivity (Wildman–Crippen MR) is 86.1 cm³/mol. The van der Waals surface area contributed by atoms with Gasteiger partial charge >= 0.3 is 5.97 Å². The number of nitrogens with one attached hydrogen (secondary N) is 1. The van der Waals surface area contributed by atoms with Crippen LogP contribution in [0.3, 0.4) is 0 Å². The van der Waals surface area contributed by atoms with Crippen molar-refractivity contribution in [2.75, 3.05) is 0 Å². The van der Waals surface area contributed by atoms with E-state index in [-0.39, 0.29) is 0 Å². The second-order valence-electron chi connectivity index (χ2n) is 5.32. The molecule has 0 aliphatic heterocycles. The van der Waals surface area contributed by atoms with Crippen molar-refractivity contribution < 1.29 is 14.7 Å². The molecule has 1 aromatic carbocycles. The van der Waals surface area contributed by atoms with E-state index in [0.29, 0.717) is 12.0 Å². The lowest BCUT2D eigenvalue weighted by atomic mass is 9.98. The summed E-state index contributed by atoms with van der Waals surface area (Å²) in [5, 5.41) is 14.6. The molecule has 2 aromatic rings. The highest BCUT2D eigenvalue weighted by Gasteiger charge is 2.33. The molecule has 5 nitrogen and oxygen atoms in total. The average Bonchev–Trinajstić information content (AvgIpc) is 2.93. The van der Waals surface area contributed by atoms with Gasteiger partial charge in [-0.3, -0.25) is 4.79 Å². The molecule has 2 N–H and O–H groups in total. The van der Waals surface area contributed by atoms with Crippen LogP contribution in [0.4, 0.5) is 0 Å². The summed E-state index contributed by atoms with van der Waals surface area (Å²) in [6, 6.07) is 7.04. The molecule has 1 heterocycles. The number of carbonyl (C=O) groups excluding carboxylic acids is 1. The van der Waals surface area contributed by atoms with Crippen molar-refractivity contribution in [3.63, 3.8) is 0 Å². The zero-order valence-electron chi connectivity index (χ0n) is 12.7. The minimum atomic E-state index is -1.27. The van der Waals surface area contributed by atoms with Gasteiger partial charge in [0.15, 0.2) is 0 Å². The molecule has 1 atom stereocenters. The third-order valence-electron chi connectivity index (χ3n) is 3.56. The van der Waals surface area contributed by atoms with E-state index >= 15 is 0 Å². The number of hydrogen-bond donors (Lipinski definition) is 2. The Kier molecular flexibility index (Phi) is 4.61. The van der Waals surface area contributed by atoms with Crippen molar-refractivity contribution in [2.24, 2.45) is 0 Å². The first-order valence-corrected chi connectivity index (χ1v) is 7.82. The fourth-order valence-electron chi connectivity index (χ4n) is 1.90. The maximum atomic E-state index is 12.3. The molecule has 2 rings (SSSR count). The van der Waals surface area contributed by atoms with E-state index in [1.807, 2.05) is 18.4 Å². The van der Waals surface area contributed by atoms with E-state index in [1.165, 1.54) is 18.3 Å². The number of hydrogen-bond acceptors (Lipinski definition) is 4. The van der Waals surface area contributed by atoms with Crippen molar-refractivity contribution in [1.82, 2.24) is 10.3 Å². The molecule has 1 unspecified atom stereocenters. The number of carbonyl (C=O) groups is 2. The average molecular weight is 318 g/mol. The number of aromatic nitrogens is 1. The molecule has 0 bridgehead atoms. The molecule has 116 valence electrons. The number of thiazole rings is 1. The molecular weight excluding hydrogens is 300 g/mol. The first-order valence-electron chi connectivity index (χ1n) is 6.94. The number of amides is 1. The molecule has 0 aliphatic carbocycles. The third-order valence-corrected chi connectivity index (χ3v) is 4.57. The number of carboxylic acids is 1. The SMILES string of the molecule is CCC(C)(NC(=O)c1cccc(-c2nc(C)cs2)c1)C(=O)O. The van der Waals surface area contributed by atoms with E-state index < -0.39 is 17.4 Å². The first-order chi connectivity index (χ1) is 10.4. The lowest BCUT2D eigenvalue weighted by Gasteiger charge is -2.24. The first kappa shape index (κ1) is 16.2. The Bertz CT molecular complexity index is 711. The molecule has 22 heavy (non-hydrogen) atoms. The topological polar surface area (TPSA) is 79.3 Å². The molecule has 1 amide bonds. The second kappa shape index (κ2) is 6.27. The fraction of sp³-hybridized carbons (Fsp3) is 0.312. The number of carboxylic acid groups (broad SMARTS) is 1. The minimum Gasteiger partial charge on any atom is -0.480 e. The van der Waals surface area contributed by atoms with Crippen LogP contribution in [0.1, 0.15) is 36.3 Å². The van der Waals surface area contributed by atoms with E-state index in [9.17, 15) is 14.7 Å².